The van der Waals surface area contributed by atoms with Gasteiger partial charge in [-0.3, -0.25) is 19.2 Å². The van der Waals surface area contributed by atoms with Crippen LogP contribution in [0.25, 0.3) is 0 Å². The van der Waals surface area contributed by atoms with Crippen molar-refractivity contribution in [2.24, 2.45) is 35.5 Å². The molecule has 0 amide bonds. The predicted octanol–water partition coefficient (Wildman–Crippen LogP) is 7.39. The number of unbranched alkanes of at least 4 members (excludes halogenated alkanes) is 10. The molecule has 10 nitrogen and oxygen atoms in total. The number of ketones is 2. The quantitative estimate of drug-likeness (QED) is 0.0153. The maximum absolute atomic E-state index is 12.6. The van der Waals surface area contributed by atoms with Crippen molar-refractivity contribution in [3.63, 3.8) is 0 Å². The maximum Gasteiger partial charge on any atom is 1.00 e. The molecule has 0 aromatic carbocycles. The maximum atomic E-state index is 12.6. The molecule has 0 heterocycles. The van der Waals surface area contributed by atoms with Crippen molar-refractivity contribution in [2.75, 3.05) is 57.3 Å². The van der Waals surface area contributed by atoms with Crippen LogP contribution < -0.4 is 53.5 Å². The van der Waals surface area contributed by atoms with Crippen molar-refractivity contribution in [2.45, 2.75) is 208 Å². The summed E-state index contributed by atoms with van der Waals surface area (Å²) >= 11 is 2.42. The third kappa shape index (κ3) is 36.1. The molecule has 2 saturated carbocycles. The Kier molecular flexibility index (Phi) is 49.5. The van der Waals surface area contributed by atoms with Gasteiger partial charge in [0.1, 0.15) is 11.6 Å². The normalized spacial score (nSPS) is 20.3. The zero-order chi connectivity index (χ0) is 48.6. The average molecular weight is 1200 g/mol. The Morgan fingerprint density at radius 1 is 0.544 bits per heavy atom. The summed E-state index contributed by atoms with van der Waals surface area (Å²) in [5.41, 5.74) is 0. The summed E-state index contributed by atoms with van der Waals surface area (Å²) in [5.74, 6) is 2.51. The Bertz CT molecular complexity index is 1200. The number of hydrogen-bond acceptors (Lipinski definition) is 10. The monoisotopic (exact) mass is 1190 g/mol. The van der Waals surface area contributed by atoms with Gasteiger partial charge in [0.25, 0.3) is 0 Å². The average Bonchev–Trinajstić information content (AvgIpc) is 3.76. The summed E-state index contributed by atoms with van der Waals surface area (Å²) in [6.07, 6.45) is 31.1. The Hall–Kier alpha value is 0.0600. The van der Waals surface area contributed by atoms with E-state index in [0.717, 1.165) is 88.3 Å². The largest absolute Gasteiger partial charge is 1.00 e. The van der Waals surface area contributed by atoms with Gasteiger partial charge in [0.05, 0.1) is 38.6 Å². The van der Waals surface area contributed by atoms with Crippen LogP contribution >= 0.6 is 22.6 Å². The molecular formula is C55H97I2NaO10. The van der Waals surface area contributed by atoms with Gasteiger partial charge in [0, 0.05) is 68.4 Å². The van der Waals surface area contributed by atoms with Crippen molar-refractivity contribution < 1.29 is 101 Å². The number of carbonyl (C=O) groups excluding carboxylic acids is 4. The van der Waals surface area contributed by atoms with Crippen LogP contribution in [0.2, 0.25) is 0 Å². The summed E-state index contributed by atoms with van der Waals surface area (Å²) in [4.78, 5) is 48.4. The van der Waals surface area contributed by atoms with E-state index in [1.165, 1.54) is 51.4 Å². The van der Waals surface area contributed by atoms with Crippen LogP contribution in [0.3, 0.4) is 0 Å². The van der Waals surface area contributed by atoms with Crippen molar-refractivity contribution in [1.29, 1.82) is 0 Å². The van der Waals surface area contributed by atoms with E-state index < -0.39 is 0 Å². The zero-order valence-electron chi connectivity index (χ0n) is 44.4. The van der Waals surface area contributed by atoms with Gasteiger partial charge in [-0.1, -0.05) is 125 Å². The third-order valence-electron chi connectivity index (χ3n) is 12.8. The van der Waals surface area contributed by atoms with E-state index >= 15 is 0 Å². The van der Waals surface area contributed by atoms with Crippen molar-refractivity contribution in [1.82, 2.24) is 0 Å². The second kappa shape index (κ2) is 48.0. The SMILES string of the molecule is CCCCCCCOCCOCC[C@H]1[C@H](CC)CC(=O)[C@@H]1CC=CCCCC(=O)OC(C)C.CCCCCCCOCCOCC[C@H]1[C@H](CI)CC(=O)[C@@H]1CC=CCCCC(=O)OC(C)C.[I-].[Na+]. The fourth-order valence-electron chi connectivity index (χ4n) is 9.15. The molecule has 2 aliphatic rings. The number of carbonyl (C=O) groups is 4. The molecule has 13 heteroatoms. The van der Waals surface area contributed by atoms with Crippen LogP contribution in [0.4, 0.5) is 0 Å². The molecule has 6 atom stereocenters. The molecule has 0 saturated heterocycles. The number of allylic oxidation sites excluding steroid dienone is 4. The number of halogens is 2. The van der Waals surface area contributed by atoms with Gasteiger partial charge < -0.3 is 52.4 Å². The standard InChI is InChI=1S/C28H50O5.C27H47IO5.HI.Na/c1-5-7-8-11-14-18-31-20-21-32-19-17-25-24(6-2)22-27(29)26(25)15-12-9-10-13-16-28(30)33-23(3)4;1-4-5-6-9-12-16-31-18-19-32-17-15-24-23(21-28)20-26(29)25(24)13-10-7-8-11-14-27(30)33-22(2)3;;/h9,12,23-26H,5-8,10-11,13-22H2,1-4H3;7,10,22-25H,4-6,8-9,11-21H2,1-3H3;1H;/q;;;+1/p-1/t24-,25+,26-;23-,24-,25+;;/m10../s1. The number of hydrogen-bond donors (Lipinski definition) is 0. The molecule has 392 valence electrons. The molecule has 0 bridgehead atoms. The number of alkyl halides is 1. The van der Waals surface area contributed by atoms with Crippen LogP contribution in [0, 0.1) is 35.5 Å². The predicted molar refractivity (Wildman–Crippen MR) is 277 cm³/mol. The first kappa shape index (κ1) is 70.1. The minimum absolute atomic E-state index is 0. The number of esters is 2. The van der Waals surface area contributed by atoms with E-state index in [2.05, 4.69) is 67.7 Å². The van der Waals surface area contributed by atoms with Gasteiger partial charge in [-0.15, -0.1) is 0 Å². The van der Waals surface area contributed by atoms with E-state index in [0.29, 0.717) is 101 Å². The van der Waals surface area contributed by atoms with Crippen LogP contribution in [0.5, 0.6) is 0 Å². The minimum atomic E-state index is -0.133. The second-order valence-corrected chi connectivity index (χ2v) is 20.0. The van der Waals surface area contributed by atoms with Crippen LogP contribution in [-0.4, -0.2) is 93.0 Å². The van der Waals surface area contributed by atoms with Gasteiger partial charge in [-0.25, -0.2) is 0 Å². The molecule has 2 fully saturated rings. The molecular weight excluding hydrogens is 1100 g/mol. The molecule has 0 spiro atoms. The van der Waals surface area contributed by atoms with Crippen molar-refractivity contribution in [3.05, 3.63) is 24.3 Å². The summed E-state index contributed by atoms with van der Waals surface area (Å²) < 4.78 is 34.3. The van der Waals surface area contributed by atoms with Crippen molar-refractivity contribution in [3.8, 4) is 0 Å². The molecule has 0 unspecified atom stereocenters. The first-order valence-corrected chi connectivity index (χ1v) is 28.1. The molecule has 0 aromatic heterocycles. The second-order valence-electron chi connectivity index (χ2n) is 19.1. The smallest absolute Gasteiger partial charge is 1.00 e. The Morgan fingerprint density at radius 3 is 1.31 bits per heavy atom. The molecule has 0 radical (unpaired) electrons. The summed E-state index contributed by atoms with van der Waals surface area (Å²) in [6, 6.07) is 0. The van der Waals surface area contributed by atoms with E-state index in [-0.39, 0.29) is 89.5 Å². The summed E-state index contributed by atoms with van der Waals surface area (Å²) in [7, 11) is 0. The van der Waals surface area contributed by atoms with Gasteiger partial charge in [0.15, 0.2) is 0 Å². The molecule has 0 aliphatic heterocycles. The number of ether oxygens (including phenoxy) is 6. The van der Waals surface area contributed by atoms with Gasteiger partial charge in [0.2, 0.25) is 0 Å². The molecule has 0 aromatic rings. The van der Waals surface area contributed by atoms with Gasteiger partial charge in [-0.2, -0.15) is 0 Å². The number of Topliss-reactive ketones (excluding diaryl/α,β-unsaturated/α-hetero) is 2. The Morgan fingerprint density at radius 2 is 0.926 bits per heavy atom. The molecule has 2 rings (SSSR count). The minimum Gasteiger partial charge on any atom is -1.00 e. The Labute approximate surface area is 468 Å². The first-order valence-electron chi connectivity index (χ1n) is 26.6. The molecule has 68 heavy (non-hydrogen) atoms. The van der Waals surface area contributed by atoms with E-state index in [1.54, 1.807) is 0 Å². The third-order valence-corrected chi connectivity index (χ3v) is 13.9. The van der Waals surface area contributed by atoms with E-state index in [4.69, 9.17) is 28.4 Å². The molecule has 2 aliphatic carbocycles. The van der Waals surface area contributed by atoms with E-state index in [1.807, 2.05) is 27.7 Å². The fraction of sp³-hybridized carbons (Fsp3) is 0.855. The zero-order valence-corrected chi connectivity index (χ0v) is 50.7. The fourth-order valence-corrected chi connectivity index (χ4v) is 10.1. The Balaban J connectivity index is 0. The molecule has 0 N–H and O–H groups in total. The van der Waals surface area contributed by atoms with Crippen LogP contribution in [0.1, 0.15) is 196 Å². The van der Waals surface area contributed by atoms with Crippen LogP contribution in [0.15, 0.2) is 24.3 Å². The summed E-state index contributed by atoms with van der Waals surface area (Å²) in [5, 5.41) is 0. The van der Waals surface area contributed by atoms with E-state index in [9.17, 15) is 19.2 Å². The van der Waals surface area contributed by atoms with Crippen molar-refractivity contribution >= 4 is 46.1 Å². The van der Waals surface area contributed by atoms with Crippen LogP contribution in [-0.2, 0) is 47.6 Å². The van der Waals surface area contributed by atoms with Gasteiger partial charge in [-0.05, 0) is 116 Å². The topological polar surface area (TPSA) is 124 Å². The van der Waals surface area contributed by atoms with Gasteiger partial charge >= 0.3 is 41.5 Å². The first-order chi connectivity index (χ1) is 32.0. The summed E-state index contributed by atoms with van der Waals surface area (Å²) in [6.45, 7) is 19.8. The number of rotatable bonds is 40.